The Labute approximate surface area is 133 Å². The average molecular weight is 322 g/mol. The van der Waals surface area contributed by atoms with Gasteiger partial charge in [0.15, 0.2) is 11.6 Å². The number of rotatable bonds is 5. The summed E-state index contributed by atoms with van der Waals surface area (Å²) in [6.45, 7) is 5.53. The van der Waals surface area contributed by atoms with Crippen LogP contribution in [0.25, 0.3) is 0 Å². The van der Waals surface area contributed by atoms with Crippen LogP contribution in [-0.2, 0) is 0 Å². The summed E-state index contributed by atoms with van der Waals surface area (Å²) in [6.07, 6.45) is 4.32. The minimum atomic E-state index is -0.972. The molecule has 0 bridgehead atoms. The van der Waals surface area contributed by atoms with Crippen LogP contribution in [0, 0.1) is 17.6 Å². The van der Waals surface area contributed by atoms with Crippen LogP contribution in [0.4, 0.5) is 13.6 Å². The molecule has 4 nitrogen and oxygen atoms in total. The largest absolute Gasteiger partial charge is 0.396 e. The molecule has 2 rings (SSSR count). The number of hydrogen-bond acceptors (Lipinski definition) is 2. The molecular weight excluding hydrogens is 302 g/mol. The van der Waals surface area contributed by atoms with E-state index in [4.69, 9.17) is 5.11 Å². The smallest absolute Gasteiger partial charge is 0.315 e. The third kappa shape index (κ3) is 4.39. The van der Waals surface area contributed by atoms with Gasteiger partial charge >= 0.3 is 6.03 Å². The Bertz CT molecular complexity index is 631. The highest BCUT2D eigenvalue weighted by Crippen LogP contribution is 2.22. The molecule has 2 amide bonds. The maximum Gasteiger partial charge on any atom is 0.315 e. The number of benzene rings is 1. The van der Waals surface area contributed by atoms with Crippen LogP contribution in [0.5, 0.6) is 0 Å². The number of aliphatic hydroxyl groups is 1. The van der Waals surface area contributed by atoms with Gasteiger partial charge in [-0.15, -0.1) is 0 Å². The Balaban J connectivity index is 2.02. The van der Waals surface area contributed by atoms with E-state index in [9.17, 15) is 13.6 Å². The highest BCUT2D eigenvalue weighted by Gasteiger charge is 2.22. The Morgan fingerprint density at radius 1 is 1.39 bits per heavy atom. The monoisotopic (exact) mass is 322 g/mol. The molecule has 124 valence electrons. The van der Waals surface area contributed by atoms with Crippen molar-refractivity contribution in [2.75, 3.05) is 6.61 Å². The zero-order valence-electron chi connectivity index (χ0n) is 12.9. The number of carbonyl (C=O) groups is 1. The van der Waals surface area contributed by atoms with Gasteiger partial charge in [0.2, 0.25) is 0 Å². The van der Waals surface area contributed by atoms with Gasteiger partial charge < -0.3 is 15.7 Å². The Morgan fingerprint density at radius 2 is 2.13 bits per heavy atom. The van der Waals surface area contributed by atoms with E-state index in [1.165, 1.54) is 6.07 Å². The van der Waals surface area contributed by atoms with Gasteiger partial charge in [0.05, 0.1) is 6.04 Å². The van der Waals surface area contributed by atoms with E-state index in [0.717, 1.165) is 12.1 Å². The first-order valence-electron chi connectivity index (χ1n) is 7.37. The molecule has 0 aromatic heterocycles. The van der Waals surface area contributed by atoms with Gasteiger partial charge in [-0.3, -0.25) is 0 Å². The normalized spacial score (nSPS) is 21.0. The van der Waals surface area contributed by atoms with E-state index < -0.39 is 23.7 Å². The second-order valence-corrected chi connectivity index (χ2v) is 5.74. The highest BCUT2D eigenvalue weighted by atomic mass is 19.2. The van der Waals surface area contributed by atoms with Crippen LogP contribution in [0.2, 0.25) is 0 Å². The summed E-state index contributed by atoms with van der Waals surface area (Å²) in [6, 6.07) is 2.26. The molecule has 23 heavy (non-hydrogen) atoms. The number of urea groups is 1. The third-order valence-corrected chi connectivity index (χ3v) is 3.77. The van der Waals surface area contributed by atoms with Gasteiger partial charge in [-0.05, 0) is 31.0 Å². The molecule has 0 spiro atoms. The Morgan fingerprint density at radius 3 is 2.70 bits per heavy atom. The summed E-state index contributed by atoms with van der Waals surface area (Å²) in [4.78, 5) is 12.1. The lowest BCUT2D eigenvalue weighted by Crippen LogP contribution is -2.42. The number of hydrogen-bond donors (Lipinski definition) is 3. The number of halogens is 2. The molecule has 0 saturated carbocycles. The molecule has 1 aliphatic rings. The maximum absolute atomic E-state index is 13.4. The van der Waals surface area contributed by atoms with Gasteiger partial charge in [-0.2, -0.15) is 0 Å². The van der Waals surface area contributed by atoms with Crippen molar-refractivity contribution in [2.24, 2.45) is 5.92 Å². The van der Waals surface area contributed by atoms with Crippen molar-refractivity contribution in [3.05, 3.63) is 59.7 Å². The molecule has 0 fully saturated rings. The van der Waals surface area contributed by atoms with Crippen LogP contribution >= 0.6 is 0 Å². The lowest BCUT2D eigenvalue weighted by molar-refractivity contribution is 0.229. The molecule has 3 atom stereocenters. The van der Waals surface area contributed by atoms with Crippen molar-refractivity contribution in [3.63, 3.8) is 0 Å². The van der Waals surface area contributed by atoms with E-state index in [1.807, 2.05) is 12.2 Å². The molecule has 0 aliphatic heterocycles. The molecule has 0 saturated heterocycles. The summed E-state index contributed by atoms with van der Waals surface area (Å²) >= 11 is 0. The standard InChI is InChI=1S/C17H20F2N2O2/c1-10(2)16(12-4-6-14(18)15(19)8-12)21-17(23)20-13-5-3-11(7-13)9-22/h3-6,8,11,13,16,22H,1,7,9H2,2H3,(H2,20,21,23)/t11-,13+,16?/m0/s1. The van der Waals surface area contributed by atoms with Crippen LogP contribution in [0.1, 0.15) is 24.9 Å². The lowest BCUT2D eigenvalue weighted by atomic mass is 10.0. The van der Waals surface area contributed by atoms with E-state index in [-0.39, 0.29) is 18.6 Å². The van der Waals surface area contributed by atoms with E-state index in [1.54, 1.807) is 6.92 Å². The van der Waals surface area contributed by atoms with Crippen molar-refractivity contribution >= 4 is 6.03 Å². The zero-order chi connectivity index (χ0) is 17.0. The highest BCUT2D eigenvalue weighted by molar-refractivity contribution is 5.75. The summed E-state index contributed by atoms with van der Waals surface area (Å²) in [5, 5.41) is 14.5. The molecule has 0 heterocycles. The number of amides is 2. The number of nitrogens with one attached hydrogen (secondary N) is 2. The van der Waals surface area contributed by atoms with Gasteiger partial charge in [0.25, 0.3) is 0 Å². The molecule has 1 aromatic carbocycles. The van der Waals surface area contributed by atoms with Crippen LogP contribution in [0.3, 0.4) is 0 Å². The van der Waals surface area contributed by atoms with Crippen molar-refractivity contribution in [1.29, 1.82) is 0 Å². The fourth-order valence-electron chi connectivity index (χ4n) is 2.54. The van der Waals surface area contributed by atoms with E-state index >= 15 is 0 Å². The molecule has 3 N–H and O–H groups in total. The summed E-state index contributed by atoms with van der Waals surface area (Å²) in [5.74, 6) is -1.87. The van der Waals surface area contributed by atoms with Crippen LogP contribution in [0.15, 0.2) is 42.5 Å². The maximum atomic E-state index is 13.4. The van der Waals surface area contributed by atoms with Crippen molar-refractivity contribution in [3.8, 4) is 0 Å². The summed E-state index contributed by atoms with van der Waals surface area (Å²) in [5.41, 5.74) is 1.02. The quantitative estimate of drug-likeness (QED) is 0.730. The number of aliphatic hydroxyl groups excluding tert-OH is 1. The first-order chi connectivity index (χ1) is 10.9. The molecule has 1 aromatic rings. The Kier molecular flexibility index (Phi) is 5.50. The molecule has 1 aliphatic carbocycles. The third-order valence-electron chi connectivity index (χ3n) is 3.77. The summed E-state index contributed by atoms with van der Waals surface area (Å²) < 4.78 is 26.4. The van der Waals surface area contributed by atoms with Crippen molar-refractivity contribution in [2.45, 2.75) is 25.4 Å². The Hall–Kier alpha value is -2.21. The fraction of sp³-hybridized carbons (Fsp3) is 0.353. The van der Waals surface area contributed by atoms with Gasteiger partial charge in [0, 0.05) is 18.6 Å². The van der Waals surface area contributed by atoms with Crippen molar-refractivity contribution in [1.82, 2.24) is 10.6 Å². The second-order valence-electron chi connectivity index (χ2n) is 5.74. The van der Waals surface area contributed by atoms with Crippen LogP contribution < -0.4 is 10.6 Å². The topological polar surface area (TPSA) is 61.4 Å². The summed E-state index contributed by atoms with van der Waals surface area (Å²) in [7, 11) is 0. The predicted octanol–water partition coefficient (Wildman–Crippen LogP) is 2.82. The first-order valence-corrected chi connectivity index (χ1v) is 7.37. The van der Waals surface area contributed by atoms with Crippen LogP contribution in [-0.4, -0.2) is 23.8 Å². The van der Waals surface area contributed by atoms with Gasteiger partial charge in [0.1, 0.15) is 0 Å². The SMILES string of the molecule is C=C(C)C(NC(=O)N[C@@H]1C=C[C@H](CO)C1)c1ccc(F)c(F)c1. The molecule has 1 unspecified atom stereocenters. The zero-order valence-corrected chi connectivity index (χ0v) is 12.9. The van der Waals surface area contributed by atoms with E-state index in [2.05, 4.69) is 17.2 Å². The number of carbonyl (C=O) groups excluding carboxylic acids is 1. The first kappa shape index (κ1) is 17.1. The average Bonchev–Trinajstić information content (AvgIpc) is 2.95. The van der Waals surface area contributed by atoms with E-state index in [0.29, 0.717) is 17.6 Å². The molecule has 0 radical (unpaired) electrons. The second kappa shape index (κ2) is 7.37. The van der Waals surface area contributed by atoms with Gasteiger partial charge in [-0.1, -0.05) is 30.4 Å². The molecular formula is C17H20F2N2O2. The minimum absolute atomic E-state index is 0.0412. The predicted molar refractivity (Wildman–Crippen MR) is 83.7 cm³/mol. The molecule has 6 heteroatoms. The minimum Gasteiger partial charge on any atom is -0.396 e. The van der Waals surface area contributed by atoms with Crippen molar-refractivity contribution < 1.29 is 18.7 Å². The fourth-order valence-corrected chi connectivity index (χ4v) is 2.54. The lowest BCUT2D eigenvalue weighted by Gasteiger charge is -2.21. The van der Waals surface area contributed by atoms with Gasteiger partial charge in [-0.25, -0.2) is 13.6 Å².